The molecule has 0 atom stereocenters. The second kappa shape index (κ2) is 9.24. The van der Waals surface area contributed by atoms with Crippen molar-refractivity contribution in [3.8, 4) is 17.2 Å². The molecule has 138 valence electrons. The van der Waals surface area contributed by atoms with Gasteiger partial charge in [-0.15, -0.1) is 0 Å². The zero-order chi connectivity index (χ0) is 19.1. The number of nitrogens with one attached hydrogen (secondary N) is 1. The van der Waals surface area contributed by atoms with Crippen LogP contribution in [-0.4, -0.2) is 12.5 Å². The number of ether oxygens (including phenoxy) is 2. The maximum Gasteiger partial charge on any atom is 0.259 e. The topological polar surface area (TPSA) is 47.6 Å². The molecule has 0 aliphatic rings. The van der Waals surface area contributed by atoms with E-state index in [0.29, 0.717) is 35.1 Å². The standard InChI is InChI=1S/C22H20BrNO3/c1-2-14-26-20-13-12-16(23)15-18(20)22(25)24-19-10-6-7-11-21(19)27-17-8-4-3-5-9-17/h3-13,15H,2,14H2,1H3,(H,24,25). The number of carbonyl (C=O) groups excluding carboxylic acids is 1. The molecule has 5 heteroatoms. The Morgan fingerprint density at radius 2 is 1.70 bits per heavy atom. The van der Waals surface area contributed by atoms with Gasteiger partial charge in [0.1, 0.15) is 11.5 Å². The van der Waals surface area contributed by atoms with Crippen LogP contribution in [0.5, 0.6) is 17.2 Å². The van der Waals surface area contributed by atoms with Crippen molar-refractivity contribution in [2.45, 2.75) is 13.3 Å². The summed E-state index contributed by atoms with van der Waals surface area (Å²) in [5.74, 6) is 1.57. The number of anilines is 1. The van der Waals surface area contributed by atoms with Crippen LogP contribution in [0.3, 0.4) is 0 Å². The van der Waals surface area contributed by atoms with Gasteiger partial charge in [0.2, 0.25) is 0 Å². The van der Waals surface area contributed by atoms with Gasteiger partial charge in [-0.25, -0.2) is 0 Å². The monoisotopic (exact) mass is 425 g/mol. The Labute approximate surface area is 167 Å². The van der Waals surface area contributed by atoms with E-state index in [2.05, 4.69) is 21.2 Å². The zero-order valence-electron chi connectivity index (χ0n) is 14.9. The predicted molar refractivity (Wildman–Crippen MR) is 111 cm³/mol. The van der Waals surface area contributed by atoms with Crippen LogP contribution in [0.2, 0.25) is 0 Å². The van der Waals surface area contributed by atoms with Gasteiger partial charge in [0.15, 0.2) is 5.75 Å². The highest BCUT2D eigenvalue weighted by atomic mass is 79.9. The summed E-state index contributed by atoms with van der Waals surface area (Å²) >= 11 is 3.42. The number of hydrogen-bond donors (Lipinski definition) is 1. The Hall–Kier alpha value is -2.79. The summed E-state index contributed by atoms with van der Waals surface area (Å²) in [5, 5.41) is 2.93. The zero-order valence-corrected chi connectivity index (χ0v) is 16.5. The van der Waals surface area contributed by atoms with Crippen molar-refractivity contribution in [1.82, 2.24) is 0 Å². The summed E-state index contributed by atoms with van der Waals surface area (Å²) < 4.78 is 12.4. The van der Waals surface area contributed by atoms with Crippen molar-refractivity contribution in [2.75, 3.05) is 11.9 Å². The number of rotatable bonds is 7. The molecular formula is C22H20BrNO3. The Kier molecular flexibility index (Phi) is 6.49. The lowest BCUT2D eigenvalue weighted by atomic mass is 10.1. The van der Waals surface area contributed by atoms with Gasteiger partial charge in [0, 0.05) is 4.47 Å². The molecule has 0 aromatic heterocycles. The minimum Gasteiger partial charge on any atom is -0.493 e. The average molecular weight is 426 g/mol. The van der Waals surface area contributed by atoms with Crippen LogP contribution in [-0.2, 0) is 0 Å². The number of amides is 1. The van der Waals surface area contributed by atoms with Gasteiger partial charge in [0.05, 0.1) is 17.9 Å². The number of para-hydroxylation sites is 3. The molecule has 0 saturated heterocycles. The average Bonchev–Trinajstić information content (AvgIpc) is 2.69. The fourth-order valence-electron chi connectivity index (χ4n) is 2.48. The third-order valence-electron chi connectivity index (χ3n) is 3.75. The molecule has 1 N–H and O–H groups in total. The maximum atomic E-state index is 12.9. The summed E-state index contributed by atoms with van der Waals surface area (Å²) in [6.45, 7) is 2.57. The first-order valence-electron chi connectivity index (χ1n) is 8.73. The minimum absolute atomic E-state index is 0.258. The third-order valence-corrected chi connectivity index (χ3v) is 4.25. The van der Waals surface area contributed by atoms with Gasteiger partial charge >= 0.3 is 0 Å². The summed E-state index contributed by atoms with van der Waals surface area (Å²) in [6.07, 6.45) is 0.866. The van der Waals surface area contributed by atoms with Crippen molar-refractivity contribution >= 4 is 27.5 Å². The summed E-state index contributed by atoms with van der Waals surface area (Å²) in [5.41, 5.74) is 1.06. The summed E-state index contributed by atoms with van der Waals surface area (Å²) in [4.78, 5) is 12.9. The van der Waals surface area contributed by atoms with Crippen LogP contribution in [0.25, 0.3) is 0 Å². The molecule has 1 amide bonds. The molecule has 27 heavy (non-hydrogen) atoms. The van der Waals surface area contributed by atoms with Crippen LogP contribution >= 0.6 is 15.9 Å². The van der Waals surface area contributed by atoms with Gasteiger partial charge in [-0.3, -0.25) is 4.79 Å². The van der Waals surface area contributed by atoms with Crippen LogP contribution in [0.1, 0.15) is 23.7 Å². The molecule has 0 unspecified atom stereocenters. The Bertz CT molecular complexity index is 912. The molecule has 0 fully saturated rings. The van der Waals surface area contributed by atoms with E-state index in [4.69, 9.17) is 9.47 Å². The number of benzene rings is 3. The Morgan fingerprint density at radius 1 is 0.963 bits per heavy atom. The van der Waals surface area contributed by atoms with Crippen molar-refractivity contribution in [1.29, 1.82) is 0 Å². The molecule has 3 aromatic rings. The van der Waals surface area contributed by atoms with Gasteiger partial charge in [0.25, 0.3) is 5.91 Å². The largest absolute Gasteiger partial charge is 0.493 e. The highest BCUT2D eigenvalue weighted by Crippen LogP contribution is 2.31. The van der Waals surface area contributed by atoms with Gasteiger partial charge in [-0.2, -0.15) is 0 Å². The molecule has 4 nitrogen and oxygen atoms in total. The molecular weight excluding hydrogens is 406 g/mol. The fraction of sp³-hybridized carbons (Fsp3) is 0.136. The van der Waals surface area contributed by atoms with Crippen LogP contribution in [0, 0.1) is 0 Å². The van der Waals surface area contributed by atoms with E-state index in [1.807, 2.05) is 61.5 Å². The van der Waals surface area contributed by atoms with E-state index in [1.54, 1.807) is 18.2 Å². The quantitative estimate of drug-likeness (QED) is 0.484. The molecule has 0 radical (unpaired) electrons. The SMILES string of the molecule is CCCOc1ccc(Br)cc1C(=O)Nc1ccccc1Oc1ccccc1. The van der Waals surface area contributed by atoms with Gasteiger partial charge in [-0.05, 0) is 48.9 Å². The number of carbonyl (C=O) groups is 1. The molecule has 0 heterocycles. The summed E-state index contributed by atoms with van der Waals surface area (Å²) in [6, 6.07) is 22.2. The lowest BCUT2D eigenvalue weighted by Crippen LogP contribution is -2.14. The Balaban J connectivity index is 1.84. The van der Waals surface area contributed by atoms with Gasteiger partial charge < -0.3 is 14.8 Å². The van der Waals surface area contributed by atoms with Crippen LogP contribution in [0.4, 0.5) is 5.69 Å². The minimum atomic E-state index is -0.258. The van der Waals surface area contributed by atoms with E-state index in [1.165, 1.54) is 0 Å². The third kappa shape index (κ3) is 5.11. The van der Waals surface area contributed by atoms with Crippen molar-refractivity contribution in [3.05, 3.63) is 82.8 Å². The lowest BCUT2D eigenvalue weighted by Gasteiger charge is -2.14. The van der Waals surface area contributed by atoms with E-state index in [9.17, 15) is 4.79 Å². The first-order chi connectivity index (χ1) is 13.2. The molecule has 0 bridgehead atoms. The Morgan fingerprint density at radius 3 is 2.48 bits per heavy atom. The number of halogens is 1. The second-order valence-electron chi connectivity index (χ2n) is 5.85. The second-order valence-corrected chi connectivity index (χ2v) is 6.77. The highest BCUT2D eigenvalue weighted by molar-refractivity contribution is 9.10. The lowest BCUT2D eigenvalue weighted by molar-refractivity contribution is 0.102. The molecule has 0 spiro atoms. The van der Waals surface area contributed by atoms with E-state index >= 15 is 0 Å². The van der Waals surface area contributed by atoms with Crippen molar-refractivity contribution in [3.63, 3.8) is 0 Å². The molecule has 3 rings (SSSR count). The first-order valence-corrected chi connectivity index (χ1v) is 9.52. The maximum absolute atomic E-state index is 12.9. The normalized spacial score (nSPS) is 10.3. The van der Waals surface area contributed by atoms with Crippen LogP contribution in [0.15, 0.2) is 77.3 Å². The van der Waals surface area contributed by atoms with Gasteiger partial charge in [-0.1, -0.05) is 53.2 Å². The number of hydrogen-bond acceptors (Lipinski definition) is 3. The smallest absolute Gasteiger partial charge is 0.259 e. The van der Waals surface area contributed by atoms with E-state index < -0.39 is 0 Å². The first kappa shape index (κ1) is 19.0. The van der Waals surface area contributed by atoms with E-state index in [-0.39, 0.29) is 5.91 Å². The van der Waals surface area contributed by atoms with E-state index in [0.717, 1.165) is 10.9 Å². The molecule has 0 aliphatic carbocycles. The molecule has 3 aromatic carbocycles. The van der Waals surface area contributed by atoms with Crippen LogP contribution < -0.4 is 14.8 Å². The molecule has 0 saturated carbocycles. The summed E-state index contributed by atoms with van der Waals surface area (Å²) in [7, 11) is 0. The molecule has 0 aliphatic heterocycles. The highest BCUT2D eigenvalue weighted by Gasteiger charge is 2.16. The van der Waals surface area contributed by atoms with Crippen molar-refractivity contribution < 1.29 is 14.3 Å². The predicted octanol–water partition coefficient (Wildman–Crippen LogP) is 6.28. The van der Waals surface area contributed by atoms with Crippen molar-refractivity contribution in [2.24, 2.45) is 0 Å². The fourth-order valence-corrected chi connectivity index (χ4v) is 2.84.